The molecule has 0 radical (unpaired) electrons. The highest BCUT2D eigenvalue weighted by atomic mass is 16.5. The summed E-state index contributed by atoms with van der Waals surface area (Å²) >= 11 is 0. The number of amides is 1. The van der Waals surface area contributed by atoms with Crippen LogP contribution in [0.1, 0.15) is 24.8 Å². The molecular formula is C16H22N2O2. The normalized spacial score (nSPS) is 22.2. The van der Waals surface area contributed by atoms with Gasteiger partial charge in [0.2, 0.25) is 5.91 Å². The van der Waals surface area contributed by atoms with E-state index in [1.54, 1.807) is 7.11 Å². The van der Waals surface area contributed by atoms with E-state index in [9.17, 15) is 4.79 Å². The molecule has 1 atom stereocenters. The van der Waals surface area contributed by atoms with E-state index in [2.05, 4.69) is 11.4 Å². The van der Waals surface area contributed by atoms with Gasteiger partial charge in [-0.3, -0.25) is 4.79 Å². The van der Waals surface area contributed by atoms with Crippen LogP contribution in [0.5, 0.6) is 5.75 Å². The first-order chi connectivity index (χ1) is 9.79. The van der Waals surface area contributed by atoms with Crippen molar-refractivity contribution in [2.45, 2.75) is 25.7 Å². The second kappa shape index (κ2) is 5.83. The molecule has 0 aromatic heterocycles. The van der Waals surface area contributed by atoms with Gasteiger partial charge in [-0.05, 0) is 56.0 Å². The largest absolute Gasteiger partial charge is 0.497 e. The lowest BCUT2D eigenvalue weighted by atomic mass is 9.95. The maximum absolute atomic E-state index is 12.7. The molecule has 0 saturated carbocycles. The van der Waals surface area contributed by atoms with Crippen LogP contribution in [0.25, 0.3) is 0 Å². The molecule has 3 rings (SSSR count). The Labute approximate surface area is 120 Å². The average molecular weight is 274 g/mol. The summed E-state index contributed by atoms with van der Waals surface area (Å²) in [6.07, 6.45) is 4.17. The molecule has 4 nitrogen and oxygen atoms in total. The number of benzene rings is 1. The van der Waals surface area contributed by atoms with Crippen molar-refractivity contribution in [3.8, 4) is 5.75 Å². The minimum Gasteiger partial charge on any atom is -0.497 e. The zero-order valence-corrected chi connectivity index (χ0v) is 12.0. The minimum atomic E-state index is 0.136. The van der Waals surface area contributed by atoms with Crippen molar-refractivity contribution in [3.63, 3.8) is 0 Å². The number of carbonyl (C=O) groups is 1. The maximum atomic E-state index is 12.7. The summed E-state index contributed by atoms with van der Waals surface area (Å²) in [7, 11) is 1.68. The Morgan fingerprint density at radius 1 is 1.40 bits per heavy atom. The average Bonchev–Trinajstić information content (AvgIpc) is 2.54. The SMILES string of the molecule is COc1ccc2c(c1)CCCN2C(=O)C1CCCNC1. The molecule has 2 aliphatic rings. The Morgan fingerprint density at radius 3 is 3.05 bits per heavy atom. The molecule has 2 heterocycles. The molecule has 1 N–H and O–H groups in total. The number of ether oxygens (including phenoxy) is 1. The van der Waals surface area contributed by atoms with Crippen molar-refractivity contribution in [1.82, 2.24) is 5.32 Å². The van der Waals surface area contributed by atoms with Gasteiger partial charge in [0, 0.05) is 18.8 Å². The number of carbonyl (C=O) groups excluding carboxylic acids is 1. The maximum Gasteiger partial charge on any atom is 0.231 e. The number of piperidine rings is 1. The zero-order chi connectivity index (χ0) is 13.9. The van der Waals surface area contributed by atoms with E-state index in [0.29, 0.717) is 0 Å². The van der Waals surface area contributed by atoms with Crippen molar-refractivity contribution < 1.29 is 9.53 Å². The first-order valence-corrected chi connectivity index (χ1v) is 7.48. The summed E-state index contributed by atoms with van der Waals surface area (Å²) in [6.45, 7) is 2.70. The number of hydrogen-bond acceptors (Lipinski definition) is 3. The fourth-order valence-corrected chi connectivity index (χ4v) is 3.21. The van der Waals surface area contributed by atoms with E-state index in [1.807, 2.05) is 17.0 Å². The first-order valence-electron chi connectivity index (χ1n) is 7.48. The highest BCUT2D eigenvalue weighted by molar-refractivity contribution is 5.96. The van der Waals surface area contributed by atoms with E-state index >= 15 is 0 Å². The van der Waals surface area contributed by atoms with E-state index in [1.165, 1.54) is 5.56 Å². The number of fused-ring (bicyclic) bond motifs is 1. The molecule has 108 valence electrons. The Bertz CT molecular complexity index is 495. The van der Waals surface area contributed by atoms with Crippen molar-refractivity contribution in [1.29, 1.82) is 0 Å². The minimum absolute atomic E-state index is 0.136. The molecule has 0 spiro atoms. The van der Waals surface area contributed by atoms with Gasteiger partial charge in [0.05, 0.1) is 13.0 Å². The molecule has 1 aromatic rings. The molecule has 1 fully saturated rings. The van der Waals surface area contributed by atoms with Crippen molar-refractivity contribution in [2.75, 3.05) is 31.6 Å². The number of nitrogens with one attached hydrogen (secondary N) is 1. The van der Waals surface area contributed by atoms with Gasteiger partial charge in [-0.25, -0.2) is 0 Å². The molecule has 2 aliphatic heterocycles. The van der Waals surface area contributed by atoms with Crippen LogP contribution in [0.15, 0.2) is 18.2 Å². The molecule has 1 aromatic carbocycles. The number of nitrogens with zero attached hydrogens (tertiary/aromatic N) is 1. The number of methoxy groups -OCH3 is 1. The molecule has 1 unspecified atom stereocenters. The highest BCUT2D eigenvalue weighted by Gasteiger charge is 2.29. The van der Waals surface area contributed by atoms with Gasteiger partial charge >= 0.3 is 0 Å². The molecular weight excluding hydrogens is 252 g/mol. The van der Waals surface area contributed by atoms with Crippen LogP contribution in [-0.4, -0.2) is 32.7 Å². The van der Waals surface area contributed by atoms with Crippen LogP contribution in [0.2, 0.25) is 0 Å². The number of rotatable bonds is 2. The summed E-state index contributed by atoms with van der Waals surface area (Å²) in [6, 6.07) is 6.04. The van der Waals surface area contributed by atoms with Crippen molar-refractivity contribution in [2.24, 2.45) is 5.92 Å². The first kappa shape index (κ1) is 13.4. The predicted molar refractivity (Wildman–Crippen MR) is 79.3 cm³/mol. The van der Waals surface area contributed by atoms with Crippen LogP contribution in [0.4, 0.5) is 5.69 Å². The Kier molecular flexibility index (Phi) is 3.92. The third-order valence-electron chi connectivity index (χ3n) is 4.32. The van der Waals surface area contributed by atoms with Crippen LogP contribution in [0.3, 0.4) is 0 Å². The standard InChI is InChI=1S/C16H22N2O2/c1-20-14-6-7-15-12(10-14)5-3-9-18(15)16(19)13-4-2-8-17-11-13/h6-7,10,13,17H,2-5,8-9,11H2,1H3. The third kappa shape index (κ3) is 2.52. The van der Waals surface area contributed by atoms with Gasteiger partial charge in [0.15, 0.2) is 0 Å². The van der Waals surface area contributed by atoms with E-state index < -0.39 is 0 Å². The van der Waals surface area contributed by atoms with Crippen LogP contribution in [-0.2, 0) is 11.2 Å². The lowest BCUT2D eigenvalue weighted by molar-refractivity contribution is -0.122. The lowest BCUT2D eigenvalue weighted by Crippen LogP contribution is -2.45. The van der Waals surface area contributed by atoms with Gasteiger partial charge in [0.1, 0.15) is 5.75 Å². The van der Waals surface area contributed by atoms with Crippen LogP contribution in [0, 0.1) is 5.92 Å². The quantitative estimate of drug-likeness (QED) is 0.896. The van der Waals surface area contributed by atoms with Crippen molar-refractivity contribution >= 4 is 11.6 Å². The monoisotopic (exact) mass is 274 g/mol. The second-order valence-electron chi connectivity index (χ2n) is 5.63. The van der Waals surface area contributed by atoms with E-state index in [0.717, 1.165) is 56.8 Å². The molecule has 0 bridgehead atoms. The summed E-state index contributed by atoms with van der Waals surface area (Å²) < 4.78 is 5.28. The fourth-order valence-electron chi connectivity index (χ4n) is 3.21. The molecule has 4 heteroatoms. The number of aryl methyl sites for hydroxylation is 1. The highest BCUT2D eigenvalue weighted by Crippen LogP contribution is 2.32. The Hall–Kier alpha value is -1.55. The van der Waals surface area contributed by atoms with Gasteiger partial charge in [-0.15, -0.1) is 0 Å². The molecule has 0 aliphatic carbocycles. The second-order valence-corrected chi connectivity index (χ2v) is 5.63. The lowest BCUT2D eigenvalue weighted by Gasteiger charge is -2.34. The Balaban J connectivity index is 1.83. The summed E-state index contributed by atoms with van der Waals surface area (Å²) in [4.78, 5) is 14.7. The molecule has 1 amide bonds. The van der Waals surface area contributed by atoms with Gasteiger partial charge in [0.25, 0.3) is 0 Å². The van der Waals surface area contributed by atoms with E-state index in [4.69, 9.17) is 4.74 Å². The number of hydrogen-bond donors (Lipinski definition) is 1. The van der Waals surface area contributed by atoms with Crippen LogP contribution >= 0.6 is 0 Å². The van der Waals surface area contributed by atoms with Crippen LogP contribution < -0.4 is 15.0 Å². The Morgan fingerprint density at radius 2 is 2.30 bits per heavy atom. The topological polar surface area (TPSA) is 41.6 Å². The summed E-state index contributed by atoms with van der Waals surface area (Å²) in [5.74, 6) is 1.29. The van der Waals surface area contributed by atoms with Crippen molar-refractivity contribution in [3.05, 3.63) is 23.8 Å². The molecule has 20 heavy (non-hydrogen) atoms. The summed E-state index contributed by atoms with van der Waals surface area (Å²) in [5, 5.41) is 3.33. The predicted octanol–water partition coefficient (Wildman–Crippen LogP) is 1.97. The van der Waals surface area contributed by atoms with Gasteiger partial charge in [-0.1, -0.05) is 0 Å². The fraction of sp³-hybridized carbons (Fsp3) is 0.562. The third-order valence-corrected chi connectivity index (χ3v) is 4.32. The van der Waals surface area contributed by atoms with Gasteiger partial charge < -0.3 is 15.0 Å². The summed E-state index contributed by atoms with van der Waals surface area (Å²) in [5.41, 5.74) is 2.31. The zero-order valence-electron chi connectivity index (χ0n) is 12.0. The molecule has 1 saturated heterocycles. The van der Waals surface area contributed by atoms with Gasteiger partial charge in [-0.2, -0.15) is 0 Å². The smallest absolute Gasteiger partial charge is 0.231 e. The van der Waals surface area contributed by atoms with E-state index in [-0.39, 0.29) is 11.8 Å². The number of anilines is 1.